The lowest BCUT2D eigenvalue weighted by Gasteiger charge is -2.11. The van der Waals surface area contributed by atoms with Gasteiger partial charge < -0.3 is 10.1 Å². The van der Waals surface area contributed by atoms with Crippen LogP contribution in [-0.2, 0) is 4.79 Å². The van der Waals surface area contributed by atoms with E-state index in [9.17, 15) is 14.9 Å². The summed E-state index contributed by atoms with van der Waals surface area (Å²) in [6.07, 6.45) is 2.65. The Balaban J connectivity index is 2.25. The topological polar surface area (TPSA) is 96.5 Å². The second kappa shape index (κ2) is 8.13. The minimum Gasteiger partial charge on any atom is -0.437 e. The van der Waals surface area contributed by atoms with Gasteiger partial charge in [-0.3, -0.25) is 14.0 Å². The maximum Gasteiger partial charge on any atom is 0.269 e. The van der Waals surface area contributed by atoms with Gasteiger partial charge in [-0.05, 0) is 36.4 Å². The molecule has 0 aliphatic rings. The molecule has 0 fully saturated rings. The zero-order valence-corrected chi connectivity index (χ0v) is 16.0. The molecule has 2 heterocycles. The molecule has 0 aliphatic carbocycles. The molecule has 1 N–H and O–H groups in total. The molecule has 3 rings (SSSR count). The molecule has 3 aromatic rings. The molecule has 0 atom stereocenters. The number of ether oxygens (including phenoxy) is 1. The Kier molecular flexibility index (Phi) is 5.64. The van der Waals surface area contributed by atoms with Crippen molar-refractivity contribution in [3.05, 3.63) is 74.1 Å². The Bertz CT molecular complexity index is 1210. The fraction of sp³-hybridized carbons (Fsp3) is 0.0526. The monoisotopic (exact) mass is 414 g/mol. The van der Waals surface area contributed by atoms with Crippen molar-refractivity contribution in [1.29, 1.82) is 5.26 Å². The van der Waals surface area contributed by atoms with Crippen LogP contribution >= 0.6 is 23.2 Å². The van der Waals surface area contributed by atoms with Gasteiger partial charge in [0.25, 0.3) is 11.5 Å². The zero-order chi connectivity index (χ0) is 20.3. The average molecular weight is 415 g/mol. The van der Waals surface area contributed by atoms with E-state index in [-0.39, 0.29) is 27.8 Å². The zero-order valence-electron chi connectivity index (χ0n) is 14.4. The number of hydrogen-bond acceptors (Lipinski definition) is 5. The predicted molar refractivity (Wildman–Crippen MR) is 106 cm³/mol. The quantitative estimate of drug-likeness (QED) is 0.520. The van der Waals surface area contributed by atoms with Crippen molar-refractivity contribution in [2.24, 2.45) is 0 Å². The molecule has 0 radical (unpaired) electrons. The Morgan fingerprint density at radius 1 is 1.32 bits per heavy atom. The fourth-order valence-corrected chi connectivity index (χ4v) is 2.82. The molecule has 0 aliphatic heterocycles. The van der Waals surface area contributed by atoms with E-state index in [2.05, 4.69) is 10.3 Å². The maximum absolute atomic E-state index is 12.9. The number of nitrogens with one attached hydrogen (secondary N) is 1. The molecule has 0 saturated heterocycles. The molecule has 140 valence electrons. The standard InChI is InChI=1S/C19H12Cl2N4O3/c1-23-17(26)11(10-22)8-13-18(28-15-6-5-12(20)9-14(15)21)24-16-4-2-3-7-25(16)19(13)27/h2-9H,1H3,(H,23,26). The first-order valence-electron chi connectivity index (χ1n) is 7.92. The van der Waals surface area contributed by atoms with Crippen LogP contribution in [0, 0.1) is 11.3 Å². The minimum absolute atomic E-state index is 0.0742. The van der Waals surface area contributed by atoms with Crippen molar-refractivity contribution in [2.45, 2.75) is 0 Å². The number of likely N-dealkylation sites (N-methyl/N-ethyl adjacent to an activating group) is 1. The normalized spacial score (nSPS) is 11.1. The number of benzene rings is 1. The van der Waals surface area contributed by atoms with Gasteiger partial charge in [0.05, 0.1) is 5.02 Å². The van der Waals surface area contributed by atoms with Gasteiger partial charge in [-0.15, -0.1) is 0 Å². The summed E-state index contributed by atoms with van der Waals surface area (Å²) in [6.45, 7) is 0. The summed E-state index contributed by atoms with van der Waals surface area (Å²) in [6, 6.07) is 11.3. The number of amides is 1. The van der Waals surface area contributed by atoms with Crippen LogP contribution in [0.15, 0.2) is 53.0 Å². The first kappa shape index (κ1) is 19.4. The third-order valence-electron chi connectivity index (χ3n) is 3.72. The molecule has 1 amide bonds. The maximum atomic E-state index is 12.9. The molecule has 28 heavy (non-hydrogen) atoms. The van der Waals surface area contributed by atoms with E-state index >= 15 is 0 Å². The van der Waals surface area contributed by atoms with Crippen LogP contribution in [0.3, 0.4) is 0 Å². The number of carbonyl (C=O) groups excluding carboxylic acids is 1. The van der Waals surface area contributed by atoms with Gasteiger partial charge >= 0.3 is 0 Å². The third kappa shape index (κ3) is 3.83. The number of rotatable bonds is 4. The molecule has 0 unspecified atom stereocenters. The Morgan fingerprint density at radius 3 is 2.79 bits per heavy atom. The SMILES string of the molecule is CNC(=O)C(C#N)=Cc1c(Oc2ccc(Cl)cc2Cl)nc2ccccn2c1=O. The molecule has 0 saturated carbocycles. The van der Waals surface area contributed by atoms with Gasteiger partial charge in [-0.25, -0.2) is 0 Å². The lowest BCUT2D eigenvalue weighted by atomic mass is 10.1. The fourth-order valence-electron chi connectivity index (χ4n) is 2.37. The Labute approximate surface area is 169 Å². The van der Waals surface area contributed by atoms with Gasteiger partial charge in [-0.1, -0.05) is 29.3 Å². The van der Waals surface area contributed by atoms with Crippen LogP contribution in [0.4, 0.5) is 0 Å². The van der Waals surface area contributed by atoms with Gasteiger partial charge in [0, 0.05) is 18.3 Å². The highest BCUT2D eigenvalue weighted by Crippen LogP contribution is 2.32. The highest BCUT2D eigenvalue weighted by Gasteiger charge is 2.17. The highest BCUT2D eigenvalue weighted by molar-refractivity contribution is 6.35. The van der Waals surface area contributed by atoms with Crippen molar-refractivity contribution in [1.82, 2.24) is 14.7 Å². The van der Waals surface area contributed by atoms with E-state index < -0.39 is 11.5 Å². The predicted octanol–water partition coefficient (Wildman–Crippen LogP) is 3.45. The van der Waals surface area contributed by atoms with Crippen LogP contribution in [0.5, 0.6) is 11.6 Å². The summed E-state index contributed by atoms with van der Waals surface area (Å²) in [4.78, 5) is 29.2. The summed E-state index contributed by atoms with van der Waals surface area (Å²) < 4.78 is 7.02. The van der Waals surface area contributed by atoms with Crippen molar-refractivity contribution < 1.29 is 9.53 Å². The van der Waals surface area contributed by atoms with Crippen LogP contribution in [-0.4, -0.2) is 22.3 Å². The second-order valence-electron chi connectivity index (χ2n) is 5.49. The number of fused-ring (bicyclic) bond motifs is 1. The molecule has 0 spiro atoms. The van der Waals surface area contributed by atoms with Gasteiger partial charge in [0.15, 0.2) is 0 Å². The molecular formula is C19H12Cl2N4O3. The molecule has 2 aromatic heterocycles. The highest BCUT2D eigenvalue weighted by atomic mass is 35.5. The van der Waals surface area contributed by atoms with Crippen LogP contribution in [0.25, 0.3) is 11.7 Å². The largest absolute Gasteiger partial charge is 0.437 e. The lowest BCUT2D eigenvalue weighted by molar-refractivity contribution is -0.116. The van der Waals surface area contributed by atoms with E-state index in [1.807, 2.05) is 0 Å². The van der Waals surface area contributed by atoms with Crippen LogP contribution in [0.1, 0.15) is 5.56 Å². The molecule has 9 heteroatoms. The number of halogens is 2. The number of aromatic nitrogens is 2. The molecule has 1 aromatic carbocycles. The molecule has 0 bridgehead atoms. The van der Waals surface area contributed by atoms with Crippen molar-refractivity contribution >= 4 is 40.8 Å². The number of nitriles is 1. The summed E-state index contributed by atoms with van der Waals surface area (Å²) >= 11 is 12.0. The van der Waals surface area contributed by atoms with Crippen molar-refractivity contribution in [2.75, 3.05) is 7.05 Å². The Morgan fingerprint density at radius 2 is 2.11 bits per heavy atom. The number of nitrogens with zero attached hydrogens (tertiary/aromatic N) is 3. The lowest BCUT2D eigenvalue weighted by Crippen LogP contribution is -2.22. The number of hydrogen-bond donors (Lipinski definition) is 1. The van der Waals surface area contributed by atoms with Gasteiger partial charge in [-0.2, -0.15) is 10.2 Å². The van der Waals surface area contributed by atoms with Crippen molar-refractivity contribution in [3.8, 4) is 17.7 Å². The average Bonchev–Trinajstić information content (AvgIpc) is 2.69. The number of carbonyl (C=O) groups is 1. The molecule has 7 nitrogen and oxygen atoms in total. The van der Waals surface area contributed by atoms with E-state index in [1.54, 1.807) is 30.3 Å². The summed E-state index contributed by atoms with van der Waals surface area (Å²) in [7, 11) is 1.38. The molecular weight excluding hydrogens is 403 g/mol. The third-order valence-corrected chi connectivity index (χ3v) is 4.25. The Hall–Kier alpha value is -3.34. The summed E-state index contributed by atoms with van der Waals surface area (Å²) in [5.74, 6) is -0.529. The summed E-state index contributed by atoms with van der Waals surface area (Å²) in [5.41, 5.74) is -0.537. The first-order chi connectivity index (χ1) is 13.4. The summed E-state index contributed by atoms with van der Waals surface area (Å²) in [5, 5.41) is 12.2. The van der Waals surface area contributed by atoms with E-state index in [0.29, 0.717) is 10.7 Å². The van der Waals surface area contributed by atoms with E-state index in [4.69, 9.17) is 27.9 Å². The second-order valence-corrected chi connectivity index (χ2v) is 6.33. The number of pyridine rings is 1. The first-order valence-corrected chi connectivity index (χ1v) is 8.68. The van der Waals surface area contributed by atoms with E-state index in [0.717, 1.165) is 6.08 Å². The van der Waals surface area contributed by atoms with E-state index in [1.165, 1.54) is 29.8 Å². The minimum atomic E-state index is -0.643. The van der Waals surface area contributed by atoms with Gasteiger partial charge in [0.1, 0.15) is 28.6 Å². The van der Waals surface area contributed by atoms with Gasteiger partial charge in [0.2, 0.25) is 5.88 Å². The smallest absolute Gasteiger partial charge is 0.269 e. The van der Waals surface area contributed by atoms with Crippen LogP contribution < -0.4 is 15.6 Å². The van der Waals surface area contributed by atoms with Crippen molar-refractivity contribution in [3.63, 3.8) is 0 Å². The van der Waals surface area contributed by atoms with Crippen LogP contribution in [0.2, 0.25) is 10.0 Å².